The van der Waals surface area contributed by atoms with Crippen molar-refractivity contribution < 1.29 is 29.3 Å². The van der Waals surface area contributed by atoms with Crippen LogP contribution in [0.15, 0.2) is 42.0 Å². The number of hydrogen-bond donors (Lipinski definition) is 2. The molecule has 1 unspecified atom stereocenters. The van der Waals surface area contributed by atoms with Gasteiger partial charge in [0.2, 0.25) is 0 Å². The van der Waals surface area contributed by atoms with E-state index in [0.717, 1.165) is 12.0 Å². The Labute approximate surface area is 187 Å². The summed E-state index contributed by atoms with van der Waals surface area (Å²) in [6, 6.07) is 9.03. The van der Waals surface area contributed by atoms with Crippen LogP contribution in [0.2, 0.25) is 0 Å². The number of phenolic OH excluding ortho intramolecular Hbond substituents is 1. The molecule has 2 aromatic carbocycles. The number of likely N-dealkylation sites (tertiary alicyclic amines) is 1. The zero-order valence-corrected chi connectivity index (χ0v) is 18.8. The van der Waals surface area contributed by atoms with Crippen molar-refractivity contribution in [3.05, 3.63) is 58.7 Å². The second-order valence-corrected chi connectivity index (χ2v) is 7.69. The number of nitrogens with zero attached hydrogens (tertiary/aromatic N) is 1. The summed E-state index contributed by atoms with van der Waals surface area (Å²) in [4.78, 5) is 27.4. The number of unbranched alkanes of at least 4 members (excludes halogenated alkanes) is 1. The van der Waals surface area contributed by atoms with Gasteiger partial charge < -0.3 is 24.6 Å². The number of carbonyl (C=O) groups is 2. The van der Waals surface area contributed by atoms with Gasteiger partial charge in [0.1, 0.15) is 11.5 Å². The van der Waals surface area contributed by atoms with Gasteiger partial charge in [-0.3, -0.25) is 9.59 Å². The van der Waals surface area contributed by atoms with Gasteiger partial charge >= 0.3 is 0 Å². The van der Waals surface area contributed by atoms with Crippen molar-refractivity contribution in [2.75, 3.05) is 20.3 Å². The van der Waals surface area contributed by atoms with Gasteiger partial charge in [-0.05, 0) is 61.7 Å². The number of Topliss-reactive ketones (excluding diaryl/α,β-unsaturated/α-hetero) is 1. The average molecular weight is 440 g/mol. The number of rotatable bonds is 8. The molecule has 0 aliphatic carbocycles. The van der Waals surface area contributed by atoms with E-state index in [4.69, 9.17) is 9.47 Å². The summed E-state index contributed by atoms with van der Waals surface area (Å²) in [5.74, 6) is -0.810. The lowest BCUT2D eigenvalue weighted by molar-refractivity contribution is -0.139. The molecule has 1 aliphatic heterocycles. The van der Waals surface area contributed by atoms with E-state index in [2.05, 4.69) is 0 Å². The normalized spacial score (nSPS) is 17.6. The van der Waals surface area contributed by atoms with Gasteiger partial charge in [-0.1, -0.05) is 19.4 Å². The second-order valence-electron chi connectivity index (χ2n) is 7.69. The summed E-state index contributed by atoms with van der Waals surface area (Å²) in [5, 5.41) is 21.4. The smallest absolute Gasteiger partial charge is 0.295 e. The number of aryl methyl sites for hydroxylation is 1. The van der Waals surface area contributed by atoms with Gasteiger partial charge in [0.25, 0.3) is 11.7 Å². The molecule has 170 valence electrons. The lowest BCUT2D eigenvalue weighted by Crippen LogP contribution is -2.30. The molecule has 1 atom stereocenters. The van der Waals surface area contributed by atoms with E-state index in [1.54, 1.807) is 30.3 Å². The van der Waals surface area contributed by atoms with Gasteiger partial charge in [-0.25, -0.2) is 0 Å². The molecule has 1 saturated heterocycles. The van der Waals surface area contributed by atoms with E-state index in [0.29, 0.717) is 36.4 Å². The Kier molecular flexibility index (Phi) is 7.08. The van der Waals surface area contributed by atoms with Gasteiger partial charge in [-0.15, -0.1) is 0 Å². The molecule has 0 bridgehead atoms. The van der Waals surface area contributed by atoms with Crippen LogP contribution in [0.4, 0.5) is 0 Å². The van der Waals surface area contributed by atoms with Crippen LogP contribution in [0, 0.1) is 6.92 Å². The zero-order valence-electron chi connectivity index (χ0n) is 18.8. The number of amides is 1. The van der Waals surface area contributed by atoms with Gasteiger partial charge in [0.05, 0.1) is 25.3 Å². The second kappa shape index (κ2) is 9.77. The van der Waals surface area contributed by atoms with Crippen molar-refractivity contribution in [3.63, 3.8) is 0 Å². The molecule has 7 nitrogen and oxygen atoms in total. The molecule has 0 aromatic heterocycles. The average Bonchev–Trinajstić information content (AvgIpc) is 3.03. The highest BCUT2D eigenvalue weighted by Gasteiger charge is 2.46. The standard InChI is InChI=1S/C25H29NO6/c1-5-7-12-26-22(16-8-11-20(31-4)18(27)14-16)21(24(29)25(26)30)23(28)17-9-10-19(32-6-2)15(3)13-17/h8-11,13-14,22,27-28H,5-7,12H2,1-4H3/b23-21-. The maximum atomic E-state index is 13.0. The van der Waals surface area contributed by atoms with Crippen molar-refractivity contribution in [1.29, 1.82) is 0 Å². The quantitative estimate of drug-likeness (QED) is 0.361. The van der Waals surface area contributed by atoms with Gasteiger partial charge in [0.15, 0.2) is 11.5 Å². The van der Waals surface area contributed by atoms with E-state index >= 15 is 0 Å². The van der Waals surface area contributed by atoms with Crippen molar-refractivity contribution >= 4 is 17.4 Å². The Morgan fingerprint density at radius 1 is 1.09 bits per heavy atom. The van der Waals surface area contributed by atoms with Crippen LogP contribution < -0.4 is 9.47 Å². The lowest BCUT2D eigenvalue weighted by Gasteiger charge is -2.25. The molecule has 2 aromatic rings. The fourth-order valence-corrected chi connectivity index (χ4v) is 3.93. The number of aliphatic hydroxyl groups excluding tert-OH is 1. The molecule has 1 amide bonds. The zero-order chi connectivity index (χ0) is 23.4. The fourth-order valence-electron chi connectivity index (χ4n) is 3.93. The van der Waals surface area contributed by atoms with E-state index in [-0.39, 0.29) is 22.8 Å². The minimum atomic E-state index is -0.815. The maximum Gasteiger partial charge on any atom is 0.295 e. The highest BCUT2D eigenvalue weighted by Crippen LogP contribution is 2.42. The van der Waals surface area contributed by atoms with Crippen molar-refractivity contribution in [3.8, 4) is 17.2 Å². The van der Waals surface area contributed by atoms with Crippen LogP contribution in [0.3, 0.4) is 0 Å². The minimum Gasteiger partial charge on any atom is -0.507 e. The van der Waals surface area contributed by atoms with Crippen LogP contribution in [0.1, 0.15) is 49.4 Å². The number of ether oxygens (including phenoxy) is 2. The molecular formula is C25H29NO6. The number of phenols is 1. The first-order valence-electron chi connectivity index (χ1n) is 10.7. The van der Waals surface area contributed by atoms with Crippen LogP contribution in [0.5, 0.6) is 17.2 Å². The summed E-state index contributed by atoms with van der Waals surface area (Å²) >= 11 is 0. The highest BCUT2D eigenvalue weighted by molar-refractivity contribution is 6.46. The molecule has 2 N–H and O–H groups in total. The molecule has 7 heteroatoms. The molecule has 1 heterocycles. The lowest BCUT2D eigenvalue weighted by atomic mass is 9.94. The Hall–Kier alpha value is -3.48. The first-order valence-corrected chi connectivity index (χ1v) is 10.7. The molecule has 0 spiro atoms. The minimum absolute atomic E-state index is 0.000713. The monoisotopic (exact) mass is 439 g/mol. The van der Waals surface area contributed by atoms with E-state index in [1.807, 2.05) is 20.8 Å². The summed E-state index contributed by atoms with van der Waals surface area (Å²) < 4.78 is 10.7. The van der Waals surface area contributed by atoms with E-state index < -0.39 is 17.7 Å². The van der Waals surface area contributed by atoms with Crippen LogP contribution >= 0.6 is 0 Å². The number of hydrogen-bond acceptors (Lipinski definition) is 6. The van der Waals surface area contributed by atoms with Gasteiger partial charge in [0, 0.05) is 12.1 Å². The highest BCUT2D eigenvalue weighted by atomic mass is 16.5. The summed E-state index contributed by atoms with van der Waals surface area (Å²) in [5.41, 5.74) is 1.74. The molecule has 0 saturated carbocycles. The molecule has 1 fully saturated rings. The third-order valence-electron chi connectivity index (χ3n) is 5.56. The number of benzene rings is 2. The molecule has 3 rings (SSSR count). The van der Waals surface area contributed by atoms with Crippen molar-refractivity contribution in [1.82, 2.24) is 4.90 Å². The number of methoxy groups -OCH3 is 1. The summed E-state index contributed by atoms with van der Waals surface area (Å²) in [7, 11) is 1.44. The number of carbonyl (C=O) groups excluding carboxylic acids is 2. The maximum absolute atomic E-state index is 13.0. The first kappa shape index (κ1) is 23.2. The Bertz CT molecular complexity index is 1060. The number of aromatic hydroxyl groups is 1. The summed E-state index contributed by atoms with van der Waals surface area (Å²) in [6.45, 7) is 6.59. The van der Waals surface area contributed by atoms with E-state index in [1.165, 1.54) is 18.1 Å². The Morgan fingerprint density at radius 2 is 1.81 bits per heavy atom. The van der Waals surface area contributed by atoms with Crippen LogP contribution in [-0.2, 0) is 9.59 Å². The van der Waals surface area contributed by atoms with Gasteiger partial charge in [-0.2, -0.15) is 0 Å². The molecular weight excluding hydrogens is 410 g/mol. The number of ketones is 1. The molecule has 32 heavy (non-hydrogen) atoms. The summed E-state index contributed by atoms with van der Waals surface area (Å²) in [6.07, 6.45) is 1.54. The largest absolute Gasteiger partial charge is 0.507 e. The molecule has 0 radical (unpaired) electrons. The number of aliphatic hydroxyl groups is 1. The predicted octanol–water partition coefficient (Wildman–Crippen LogP) is 4.33. The fraction of sp³-hybridized carbons (Fsp3) is 0.360. The third-order valence-corrected chi connectivity index (χ3v) is 5.56. The SMILES string of the molecule is CCCCN1C(=O)C(=O)/C(=C(\O)c2ccc(OCC)c(C)c2)C1c1ccc(OC)c(O)c1. The first-order chi connectivity index (χ1) is 15.3. The van der Waals surface area contributed by atoms with Crippen LogP contribution in [0.25, 0.3) is 5.76 Å². The van der Waals surface area contributed by atoms with Crippen molar-refractivity contribution in [2.24, 2.45) is 0 Å². The Balaban J connectivity index is 2.16. The van der Waals surface area contributed by atoms with Crippen molar-refractivity contribution in [2.45, 2.75) is 39.7 Å². The van der Waals surface area contributed by atoms with E-state index in [9.17, 15) is 19.8 Å². The predicted molar refractivity (Wildman–Crippen MR) is 121 cm³/mol. The topological polar surface area (TPSA) is 96.3 Å². The van der Waals surface area contributed by atoms with Crippen LogP contribution in [-0.4, -0.2) is 47.1 Å². The third kappa shape index (κ3) is 4.28. The Morgan fingerprint density at radius 3 is 2.41 bits per heavy atom. The molecule has 1 aliphatic rings.